The molecule has 7 heteroatoms. The van der Waals surface area contributed by atoms with E-state index in [-0.39, 0.29) is 17.4 Å². The molecule has 0 aromatic heterocycles. The van der Waals surface area contributed by atoms with E-state index in [1.165, 1.54) is 11.8 Å². The molecule has 0 radical (unpaired) electrons. The SMILES string of the molecule is N#CC1=C(SCC(=O)c2ccc(Br)cc2)NC(=O)[C@@H](C#N)C12CCCCC2. The van der Waals surface area contributed by atoms with Crippen LogP contribution in [0.1, 0.15) is 42.5 Å². The summed E-state index contributed by atoms with van der Waals surface area (Å²) in [7, 11) is 0. The highest BCUT2D eigenvalue weighted by atomic mass is 79.9. The van der Waals surface area contributed by atoms with Crippen molar-refractivity contribution in [3.05, 3.63) is 44.9 Å². The maximum absolute atomic E-state index is 12.5. The van der Waals surface area contributed by atoms with E-state index in [4.69, 9.17) is 0 Å². The lowest BCUT2D eigenvalue weighted by Gasteiger charge is -2.43. The standard InChI is InChI=1S/C20H18BrN3O2S/c21-14-6-4-13(5-7-14)17(25)12-27-19-16(11-23)20(8-2-1-3-9-20)15(10-22)18(26)24-19/h4-7,15H,1-3,8-9,12H2,(H,24,26)/t15-/m1/s1. The summed E-state index contributed by atoms with van der Waals surface area (Å²) in [5.41, 5.74) is 0.323. The highest BCUT2D eigenvalue weighted by Crippen LogP contribution is 2.51. The quantitative estimate of drug-likeness (QED) is 0.699. The third kappa shape index (κ3) is 3.81. The molecule has 1 aromatic carbocycles. The summed E-state index contributed by atoms with van der Waals surface area (Å²) in [6.07, 6.45) is 4.15. The Balaban J connectivity index is 1.87. The number of amides is 1. The van der Waals surface area contributed by atoms with E-state index >= 15 is 0 Å². The zero-order valence-corrected chi connectivity index (χ0v) is 17.0. The van der Waals surface area contributed by atoms with Gasteiger partial charge in [-0.1, -0.05) is 59.1 Å². The molecule has 3 rings (SSSR count). The zero-order chi connectivity index (χ0) is 19.4. The van der Waals surface area contributed by atoms with Crippen molar-refractivity contribution in [3.8, 4) is 12.1 Å². The van der Waals surface area contributed by atoms with E-state index in [0.717, 1.165) is 23.7 Å². The Hall–Kier alpha value is -2.09. The second kappa shape index (κ2) is 8.29. The highest BCUT2D eigenvalue weighted by Gasteiger charge is 2.51. The Bertz CT molecular complexity index is 874. The first-order chi connectivity index (χ1) is 13.0. The van der Waals surface area contributed by atoms with E-state index in [9.17, 15) is 20.1 Å². The monoisotopic (exact) mass is 443 g/mol. The maximum Gasteiger partial charge on any atom is 0.243 e. The minimum absolute atomic E-state index is 0.0772. The molecule has 1 atom stereocenters. The van der Waals surface area contributed by atoms with Gasteiger partial charge < -0.3 is 5.32 Å². The molecular weight excluding hydrogens is 426 g/mol. The third-order valence-electron chi connectivity index (χ3n) is 5.28. The number of carbonyl (C=O) groups is 2. The second-order valence-corrected chi connectivity index (χ2v) is 8.70. The normalized spacial score (nSPS) is 21.3. The number of nitrogens with zero attached hydrogens (tertiary/aromatic N) is 2. The van der Waals surface area contributed by atoms with Crippen LogP contribution in [0.5, 0.6) is 0 Å². The summed E-state index contributed by atoms with van der Waals surface area (Å²) in [6.45, 7) is 0. The predicted molar refractivity (Wildman–Crippen MR) is 106 cm³/mol. The molecule has 1 saturated carbocycles. The van der Waals surface area contributed by atoms with Gasteiger partial charge in [0.15, 0.2) is 5.78 Å². The van der Waals surface area contributed by atoms with Gasteiger partial charge in [0, 0.05) is 15.5 Å². The Morgan fingerprint density at radius 1 is 1.22 bits per heavy atom. The molecule has 0 bridgehead atoms. The van der Waals surface area contributed by atoms with Crippen LogP contribution in [0.3, 0.4) is 0 Å². The molecule has 1 heterocycles. The Morgan fingerprint density at radius 2 is 1.89 bits per heavy atom. The van der Waals surface area contributed by atoms with Crippen LogP contribution in [0.2, 0.25) is 0 Å². The summed E-state index contributed by atoms with van der Waals surface area (Å²) in [5, 5.41) is 22.5. The maximum atomic E-state index is 12.5. The molecule has 1 aliphatic heterocycles. The average Bonchev–Trinajstić information content (AvgIpc) is 2.67. The molecule has 27 heavy (non-hydrogen) atoms. The summed E-state index contributed by atoms with van der Waals surface area (Å²) in [5.74, 6) is -1.17. The predicted octanol–water partition coefficient (Wildman–Crippen LogP) is 4.32. The van der Waals surface area contributed by atoms with Gasteiger partial charge in [0.2, 0.25) is 5.91 Å². The minimum Gasteiger partial charge on any atom is -0.319 e. The lowest BCUT2D eigenvalue weighted by Crippen LogP contribution is -2.48. The van der Waals surface area contributed by atoms with Crippen LogP contribution in [-0.4, -0.2) is 17.4 Å². The lowest BCUT2D eigenvalue weighted by molar-refractivity contribution is -0.126. The number of thioether (sulfide) groups is 1. The van der Waals surface area contributed by atoms with Crippen LogP contribution in [-0.2, 0) is 4.79 Å². The number of carbonyl (C=O) groups excluding carboxylic acids is 2. The Kier molecular flexibility index (Phi) is 6.04. The van der Waals surface area contributed by atoms with E-state index in [1.54, 1.807) is 24.3 Å². The number of Topliss-reactive ketones (excluding diaryl/α,β-unsaturated/α-hetero) is 1. The smallest absolute Gasteiger partial charge is 0.243 e. The number of halogens is 1. The molecule has 138 valence electrons. The summed E-state index contributed by atoms with van der Waals surface area (Å²) < 4.78 is 0.891. The fraction of sp³-hybridized carbons (Fsp3) is 0.400. The van der Waals surface area contributed by atoms with Crippen LogP contribution in [0.4, 0.5) is 0 Å². The molecule has 1 amide bonds. The minimum atomic E-state index is -0.848. The fourth-order valence-corrected chi connectivity index (χ4v) is 5.17. The lowest BCUT2D eigenvalue weighted by atomic mass is 9.61. The number of nitrogens with one attached hydrogen (secondary N) is 1. The van der Waals surface area contributed by atoms with Crippen molar-refractivity contribution >= 4 is 39.4 Å². The molecular formula is C20H18BrN3O2S. The summed E-state index contributed by atoms with van der Waals surface area (Å²) in [6, 6.07) is 11.4. The van der Waals surface area contributed by atoms with Gasteiger partial charge in [-0.3, -0.25) is 9.59 Å². The number of hydrogen-bond donors (Lipinski definition) is 1. The molecule has 1 N–H and O–H groups in total. The molecule has 1 aliphatic carbocycles. The molecule has 1 fully saturated rings. The van der Waals surface area contributed by atoms with Crippen LogP contribution in [0.25, 0.3) is 0 Å². The Morgan fingerprint density at radius 3 is 2.48 bits per heavy atom. The number of ketones is 1. The van der Waals surface area contributed by atoms with Crippen molar-refractivity contribution in [1.82, 2.24) is 5.32 Å². The fourth-order valence-electron chi connectivity index (χ4n) is 3.90. The van der Waals surface area contributed by atoms with E-state index in [0.29, 0.717) is 29.0 Å². The van der Waals surface area contributed by atoms with Crippen molar-refractivity contribution in [2.24, 2.45) is 11.3 Å². The first-order valence-corrected chi connectivity index (χ1v) is 10.6. The van der Waals surface area contributed by atoms with Crippen LogP contribution in [0.15, 0.2) is 39.3 Å². The topological polar surface area (TPSA) is 93.8 Å². The summed E-state index contributed by atoms with van der Waals surface area (Å²) in [4.78, 5) is 25.0. The van der Waals surface area contributed by atoms with Gasteiger partial charge in [0.05, 0.1) is 28.5 Å². The van der Waals surface area contributed by atoms with Crippen LogP contribution in [0, 0.1) is 34.0 Å². The van der Waals surface area contributed by atoms with Gasteiger partial charge in [-0.2, -0.15) is 10.5 Å². The molecule has 1 aromatic rings. The molecule has 2 aliphatic rings. The van der Waals surface area contributed by atoms with Crippen LogP contribution < -0.4 is 5.32 Å². The molecule has 0 saturated heterocycles. The van der Waals surface area contributed by atoms with E-state index in [2.05, 4.69) is 33.4 Å². The molecule has 5 nitrogen and oxygen atoms in total. The van der Waals surface area contributed by atoms with E-state index < -0.39 is 11.3 Å². The van der Waals surface area contributed by atoms with Crippen molar-refractivity contribution in [3.63, 3.8) is 0 Å². The van der Waals surface area contributed by atoms with Gasteiger partial charge in [-0.25, -0.2) is 0 Å². The number of rotatable bonds is 4. The number of hydrogen-bond acceptors (Lipinski definition) is 5. The molecule has 1 spiro atoms. The third-order valence-corrected chi connectivity index (χ3v) is 6.81. The zero-order valence-electron chi connectivity index (χ0n) is 14.6. The number of allylic oxidation sites excluding steroid dienone is 1. The van der Waals surface area contributed by atoms with Crippen molar-refractivity contribution in [1.29, 1.82) is 10.5 Å². The highest BCUT2D eigenvalue weighted by molar-refractivity contribution is 9.10. The molecule has 0 unspecified atom stereocenters. The van der Waals surface area contributed by atoms with Crippen molar-refractivity contribution in [2.75, 3.05) is 5.75 Å². The second-order valence-electron chi connectivity index (χ2n) is 6.80. The van der Waals surface area contributed by atoms with Gasteiger partial charge in [-0.15, -0.1) is 0 Å². The average molecular weight is 444 g/mol. The number of benzene rings is 1. The van der Waals surface area contributed by atoms with Gasteiger partial charge in [0.1, 0.15) is 5.92 Å². The van der Waals surface area contributed by atoms with Crippen molar-refractivity contribution < 1.29 is 9.59 Å². The first-order valence-electron chi connectivity index (χ1n) is 8.79. The van der Waals surface area contributed by atoms with Crippen molar-refractivity contribution in [2.45, 2.75) is 32.1 Å². The van der Waals surface area contributed by atoms with Crippen LogP contribution >= 0.6 is 27.7 Å². The largest absolute Gasteiger partial charge is 0.319 e. The van der Waals surface area contributed by atoms with Gasteiger partial charge in [-0.05, 0) is 25.0 Å². The first kappa shape index (κ1) is 19.7. The van der Waals surface area contributed by atoms with Gasteiger partial charge >= 0.3 is 0 Å². The Labute approximate surface area is 170 Å². The van der Waals surface area contributed by atoms with Gasteiger partial charge in [0.25, 0.3) is 0 Å². The number of nitriles is 2. The summed E-state index contributed by atoms with van der Waals surface area (Å²) >= 11 is 4.51. The van der Waals surface area contributed by atoms with E-state index in [1.807, 2.05) is 0 Å².